The smallest absolute Gasteiger partial charge is 0.274 e. The first-order valence-electron chi connectivity index (χ1n) is 12.4. The summed E-state index contributed by atoms with van der Waals surface area (Å²) in [7, 11) is 1.54. The van der Waals surface area contributed by atoms with E-state index in [0.29, 0.717) is 45.9 Å². The summed E-state index contributed by atoms with van der Waals surface area (Å²) in [6, 6.07) is 26.4. The van der Waals surface area contributed by atoms with Crippen molar-refractivity contribution >= 4 is 28.4 Å². The molecule has 36 heavy (non-hydrogen) atoms. The maximum Gasteiger partial charge on any atom is 0.274 e. The number of anilines is 1. The zero-order valence-electron chi connectivity index (χ0n) is 20.3. The Morgan fingerprint density at radius 2 is 1.56 bits per heavy atom. The summed E-state index contributed by atoms with van der Waals surface area (Å²) in [4.78, 5) is 32.2. The van der Waals surface area contributed by atoms with E-state index in [0.717, 1.165) is 31.2 Å². The number of aromatic nitrogens is 1. The average Bonchev–Trinajstić information content (AvgIpc) is 3.44. The lowest BCUT2D eigenvalue weighted by Gasteiger charge is -2.26. The summed E-state index contributed by atoms with van der Waals surface area (Å²) in [5.41, 5.74) is 5.96. The lowest BCUT2D eigenvalue weighted by molar-refractivity contribution is -0.120. The predicted octanol–water partition coefficient (Wildman–Crippen LogP) is 6.17. The van der Waals surface area contributed by atoms with Crippen LogP contribution >= 0.6 is 0 Å². The van der Waals surface area contributed by atoms with E-state index in [1.807, 2.05) is 84.9 Å². The number of ether oxygens (including phenoxy) is 1. The number of para-hydroxylation sites is 2. The Hall–Kier alpha value is -4.19. The van der Waals surface area contributed by atoms with Gasteiger partial charge in [0.05, 0.1) is 23.9 Å². The normalized spacial score (nSPS) is 13.5. The quantitative estimate of drug-likeness (QED) is 0.336. The van der Waals surface area contributed by atoms with Crippen molar-refractivity contribution in [2.75, 3.05) is 12.1 Å². The molecule has 5 rings (SSSR count). The van der Waals surface area contributed by atoms with E-state index in [1.165, 1.54) is 12.1 Å². The molecule has 0 atom stereocenters. The number of pyridine rings is 1. The van der Waals surface area contributed by atoms with E-state index < -0.39 is 5.91 Å². The Bertz CT molecular complexity index is 1370. The van der Waals surface area contributed by atoms with Crippen LogP contribution in [0.3, 0.4) is 0 Å². The molecule has 1 aliphatic rings. The second-order valence-electron chi connectivity index (χ2n) is 9.11. The molecule has 6 heteroatoms. The highest BCUT2D eigenvalue weighted by atomic mass is 16.5. The van der Waals surface area contributed by atoms with Crippen molar-refractivity contribution in [1.82, 2.24) is 10.4 Å². The highest BCUT2D eigenvalue weighted by Gasteiger charge is 2.28. The van der Waals surface area contributed by atoms with Crippen molar-refractivity contribution in [2.45, 2.75) is 32.1 Å². The molecule has 2 amide bonds. The molecule has 1 heterocycles. The number of carbonyl (C=O) groups excluding carboxylic acids is 2. The topological polar surface area (TPSA) is 71.5 Å². The highest BCUT2D eigenvalue weighted by Crippen LogP contribution is 2.36. The van der Waals surface area contributed by atoms with Gasteiger partial charge in [0, 0.05) is 17.4 Å². The molecular weight excluding hydrogens is 450 g/mol. The zero-order valence-corrected chi connectivity index (χ0v) is 20.3. The third-order valence-electron chi connectivity index (χ3n) is 6.74. The van der Waals surface area contributed by atoms with Gasteiger partial charge in [-0.25, -0.2) is 9.99 Å². The number of nitrogens with zero attached hydrogens (tertiary/aromatic N) is 2. The van der Waals surface area contributed by atoms with Crippen LogP contribution in [0.25, 0.3) is 22.2 Å². The van der Waals surface area contributed by atoms with Gasteiger partial charge in [0.25, 0.3) is 5.91 Å². The van der Waals surface area contributed by atoms with Crippen molar-refractivity contribution in [2.24, 2.45) is 5.92 Å². The van der Waals surface area contributed by atoms with Crippen molar-refractivity contribution < 1.29 is 14.3 Å². The summed E-state index contributed by atoms with van der Waals surface area (Å²) < 4.78 is 5.79. The third kappa shape index (κ3) is 4.80. The highest BCUT2D eigenvalue weighted by molar-refractivity contribution is 6.12. The fraction of sp³-hybridized carbons (Fsp3) is 0.233. The van der Waals surface area contributed by atoms with E-state index in [4.69, 9.17) is 9.72 Å². The van der Waals surface area contributed by atoms with Crippen molar-refractivity contribution in [3.05, 3.63) is 90.5 Å². The van der Waals surface area contributed by atoms with Gasteiger partial charge in [-0.2, -0.15) is 0 Å². The van der Waals surface area contributed by atoms with Crippen LogP contribution < -0.4 is 15.2 Å². The molecule has 6 nitrogen and oxygen atoms in total. The van der Waals surface area contributed by atoms with Gasteiger partial charge < -0.3 is 4.74 Å². The molecule has 0 aliphatic heterocycles. The maximum atomic E-state index is 13.9. The average molecular weight is 480 g/mol. The van der Waals surface area contributed by atoms with Crippen molar-refractivity contribution in [1.29, 1.82) is 0 Å². The molecule has 182 valence electrons. The third-order valence-corrected chi connectivity index (χ3v) is 6.74. The standard InChI is InChI=1S/C30H29N3O3/c1-36-29-27(24-18-10-11-19-25(24)31-28(29)22-14-4-2-5-15-22)30(35)32-33(23-16-6-3-7-17-23)26(34)20-21-12-8-9-13-21/h2-7,10-11,14-19,21H,8-9,12-13,20H2,1H3,(H,32,35). The molecule has 1 fully saturated rings. The maximum absolute atomic E-state index is 13.9. The minimum Gasteiger partial charge on any atom is -0.494 e. The van der Waals surface area contributed by atoms with Gasteiger partial charge in [0.15, 0.2) is 5.75 Å². The van der Waals surface area contributed by atoms with Crippen LogP contribution in [0.5, 0.6) is 5.75 Å². The number of fused-ring (bicyclic) bond motifs is 1. The first-order valence-corrected chi connectivity index (χ1v) is 12.4. The number of hydrogen-bond acceptors (Lipinski definition) is 4. The Morgan fingerprint density at radius 3 is 2.25 bits per heavy atom. The Balaban J connectivity index is 1.57. The first-order chi connectivity index (χ1) is 17.7. The van der Waals surface area contributed by atoms with Gasteiger partial charge in [0.2, 0.25) is 5.91 Å². The summed E-state index contributed by atoms with van der Waals surface area (Å²) in [6.45, 7) is 0. The number of nitrogens with one attached hydrogen (secondary N) is 1. The van der Waals surface area contributed by atoms with Crippen molar-refractivity contribution in [3.8, 4) is 17.0 Å². The van der Waals surface area contributed by atoms with Gasteiger partial charge in [-0.1, -0.05) is 79.6 Å². The number of hydrazine groups is 1. The second kappa shape index (κ2) is 10.6. The van der Waals surface area contributed by atoms with E-state index in [2.05, 4.69) is 5.43 Å². The number of benzene rings is 3. The summed E-state index contributed by atoms with van der Waals surface area (Å²) in [5, 5.41) is 2.04. The number of carbonyl (C=O) groups is 2. The van der Waals surface area contributed by atoms with E-state index in [9.17, 15) is 9.59 Å². The summed E-state index contributed by atoms with van der Waals surface area (Å²) >= 11 is 0. The number of amides is 2. The number of hydrogen-bond donors (Lipinski definition) is 1. The second-order valence-corrected chi connectivity index (χ2v) is 9.11. The van der Waals surface area contributed by atoms with E-state index in [-0.39, 0.29) is 5.91 Å². The van der Waals surface area contributed by atoms with Crippen LogP contribution in [0.1, 0.15) is 42.5 Å². The van der Waals surface area contributed by atoms with Crippen LogP contribution in [-0.2, 0) is 4.79 Å². The lowest BCUT2D eigenvalue weighted by atomic mass is 10.0. The van der Waals surface area contributed by atoms with Gasteiger partial charge in [-0.05, 0) is 37.0 Å². The fourth-order valence-electron chi connectivity index (χ4n) is 4.97. The molecule has 0 saturated heterocycles. The Labute approximate surface area is 210 Å². The fourth-order valence-corrected chi connectivity index (χ4v) is 4.97. The van der Waals surface area contributed by atoms with Crippen molar-refractivity contribution in [3.63, 3.8) is 0 Å². The van der Waals surface area contributed by atoms with Crippen LogP contribution in [0.2, 0.25) is 0 Å². The summed E-state index contributed by atoms with van der Waals surface area (Å²) in [6.07, 6.45) is 4.80. The number of rotatable bonds is 6. The van der Waals surface area contributed by atoms with Crippen LogP contribution in [0, 0.1) is 5.92 Å². The molecule has 1 saturated carbocycles. The first kappa shape index (κ1) is 23.5. The van der Waals surface area contributed by atoms with Crippen LogP contribution in [0.4, 0.5) is 5.69 Å². The number of methoxy groups -OCH3 is 1. The Kier molecular flexibility index (Phi) is 6.94. The molecule has 1 N–H and O–H groups in total. The monoisotopic (exact) mass is 479 g/mol. The molecule has 1 aromatic heterocycles. The van der Waals surface area contributed by atoms with Gasteiger partial charge in [0.1, 0.15) is 5.69 Å². The molecule has 1 aliphatic carbocycles. The van der Waals surface area contributed by atoms with Gasteiger partial charge in [-0.15, -0.1) is 0 Å². The summed E-state index contributed by atoms with van der Waals surface area (Å²) in [5.74, 6) is 0.170. The van der Waals surface area contributed by atoms with Gasteiger partial charge >= 0.3 is 0 Å². The molecule has 3 aromatic carbocycles. The lowest BCUT2D eigenvalue weighted by Crippen LogP contribution is -2.47. The van der Waals surface area contributed by atoms with E-state index >= 15 is 0 Å². The van der Waals surface area contributed by atoms with Crippen LogP contribution in [-0.4, -0.2) is 23.9 Å². The molecule has 4 aromatic rings. The predicted molar refractivity (Wildman–Crippen MR) is 142 cm³/mol. The molecule has 0 spiro atoms. The van der Waals surface area contributed by atoms with Gasteiger partial charge in [-0.3, -0.25) is 15.0 Å². The Morgan fingerprint density at radius 1 is 0.917 bits per heavy atom. The minimum absolute atomic E-state index is 0.123. The molecule has 0 unspecified atom stereocenters. The van der Waals surface area contributed by atoms with Crippen LogP contribution in [0.15, 0.2) is 84.9 Å². The molecule has 0 radical (unpaired) electrons. The largest absolute Gasteiger partial charge is 0.494 e. The van der Waals surface area contributed by atoms with E-state index in [1.54, 1.807) is 0 Å². The molecule has 0 bridgehead atoms. The zero-order chi connectivity index (χ0) is 24.9. The minimum atomic E-state index is -0.425. The molecular formula is C30H29N3O3. The SMILES string of the molecule is COc1c(-c2ccccc2)nc2ccccc2c1C(=O)NN(C(=O)CC1CCCC1)c1ccccc1.